The van der Waals surface area contributed by atoms with E-state index in [1.165, 1.54) is 22.6 Å². The number of hydrogen-bond acceptors (Lipinski definition) is 2. The van der Waals surface area contributed by atoms with Crippen molar-refractivity contribution in [1.82, 2.24) is 4.98 Å². The lowest BCUT2D eigenvalue weighted by molar-refractivity contribution is 0.592. The fraction of sp³-hybridized carbons (Fsp3) is 0.308. The van der Waals surface area contributed by atoms with Crippen LogP contribution in [0.25, 0.3) is 0 Å². The van der Waals surface area contributed by atoms with Gasteiger partial charge in [0.1, 0.15) is 5.82 Å². The van der Waals surface area contributed by atoms with E-state index in [-0.39, 0.29) is 5.82 Å². The Kier molecular flexibility index (Phi) is 4.68. The lowest BCUT2D eigenvalue weighted by Gasteiger charge is -2.12. The lowest BCUT2D eigenvalue weighted by Crippen LogP contribution is -2.09. The van der Waals surface area contributed by atoms with Crippen LogP contribution in [0.15, 0.2) is 36.0 Å². The van der Waals surface area contributed by atoms with Crippen LogP contribution >= 0.6 is 27.3 Å². The maximum Gasteiger partial charge on any atom is 0.123 e. The summed E-state index contributed by atoms with van der Waals surface area (Å²) in [5, 5.41) is 0.947. The second-order valence-electron chi connectivity index (χ2n) is 4.02. The molecule has 0 aliphatic heterocycles. The van der Waals surface area contributed by atoms with Crippen LogP contribution in [-0.4, -0.2) is 10.3 Å². The van der Waals surface area contributed by atoms with Crippen molar-refractivity contribution < 1.29 is 4.39 Å². The van der Waals surface area contributed by atoms with Gasteiger partial charge in [0.15, 0.2) is 0 Å². The zero-order valence-corrected chi connectivity index (χ0v) is 11.7. The van der Waals surface area contributed by atoms with Gasteiger partial charge in [0.2, 0.25) is 0 Å². The SMILES string of the molecule is Fc1ccc(CC(CBr)Cc2cncs2)cc1. The Morgan fingerprint density at radius 2 is 2.00 bits per heavy atom. The fourth-order valence-electron chi connectivity index (χ4n) is 1.76. The van der Waals surface area contributed by atoms with Gasteiger partial charge in [0.05, 0.1) is 5.51 Å². The first-order valence-corrected chi connectivity index (χ1v) is 7.46. The van der Waals surface area contributed by atoms with Crippen LogP contribution < -0.4 is 0 Å². The summed E-state index contributed by atoms with van der Waals surface area (Å²) < 4.78 is 12.8. The molecule has 0 amide bonds. The van der Waals surface area contributed by atoms with Crippen LogP contribution in [0.1, 0.15) is 10.4 Å². The second kappa shape index (κ2) is 6.26. The smallest absolute Gasteiger partial charge is 0.123 e. The maximum absolute atomic E-state index is 12.8. The molecule has 0 aliphatic carbocycles. The van der Waals surface area contributed by atoms with Gasteiger partial charge in [0.25, 0.3) is 0 Å². The molecule has 0 saturated carbocycles. The van der Waals surface area contributed by atoms with Gasteiger partial charge < -0.3 is 0 Å². The van der Waals surface area contributed by atoms with Gasteiger partial charge in [-0.3, -0.25) is 4.98 Å². The Balaban J connectivity index is 1.97. The fourth-order valence-corrected chi connectivity index (χ4v) is 2.93. The molecule has 0 fully saturated rings. The molecule has 2 aromatic rings. The molecule has 1 atom stereocenters. The highest BCUT2D eigenvalue weighted by atomic mass is 79.9. The number of benzene rings is 1. The van der Waals surface area contributed by atoms with E-state index >= 15 is 0 Å². The van der Waals surface area contributed by atoms with Crippen LogP contribution in [-0.2, 0) is 12.8 Å². The van der Waals surface area contributed by atoms with Crippen LogP contribution in [0.5, 0.6) is 0 Å². The summed E-state index contributed by atoms with van der Waals surface area (Å²) in [6, 6.07) is 6.76. The molecule has 1 unspecified atom stereocenters. The van der Waals surface area contributed by atoms with Crippen molar-refractivity contribution in [1.29, 1.82) is 0 Å². The van der Waals surface area contributed by atoms with Crippen molar-refractivity contribution in [2.24, 2.45) is 5.92 Å². The van der Waals surface area contributed by atoms with Gasteiger partial charge in [-0.25, -0.2) is 4.39 Å². The summed E-state index contributed by atoms with van der Waals surface area (Å²) >= 11 is 5.23. The Morgan fingerprint density at radius 3 is 2.59 bits per heavy atom. The van der Waals surface area contributed by atoms with E-state index in [1.807, 2.05) is 23.8 Å². The van der Waals surface area contributed by atoms with Crippen molar-refractivity contribution >= 4 is 27.3 Å². The largest absolute Gasteiger partial charge is 0.253 e. The number of nitrogens with zero attached hydrogens (tertiary/aromatic N) is 1. The molecule has 17 heavy (non-hydrogen) atoms. The molecule has 0 aliphatic rings. The molecule has 1 nitrogen and oxygen atoms in total. The molecular weight excluding hydrogens is 301 g/mol. The summed E-state index contributed by atoms with van der Waals surface area (Å²) in [5.41, 5.74) is 3.04. The number of hydrogen-bond donors (Lipinski definition) is 0. The number of aromatic nitrogens is 1. The normalized spacial score (nSPS) is 12.6. The molecule has 1 aromatic carbocycles. The van der Waals surface area contributed by atoms with Gasteiger partial charge in [-0.15, -0.1) is 11.3 Å². The van der Waals surface area contributed by atoms with Crippen molar-refractivity contribution in [3.63, 3.8) is 0 Å². The third-order valence-corrected chi connectivity index (χ3v) is 4.35. The van der Waals surface area contributed by atoms with E-state index < -0.39 is 0 Å². The lowest BCUT2D eigenvalue weighted by atomic mass is 9.97. The number of alkyl halides is 1. The van der Waals surface area contributed by atoms with E-state index in [1.54, 1.807) is 11.3 Å². The number of halogens is 2. The molecule has 0 saturated heterocycles. The van der Waals surface area contributed by atoms with Gasteiger partial charge >= 0.3 is 0 Å². The quantitative estimate of drug-likeness (QED) is 0.758. The van der Waals surface area contributed by atoms with E-state index in [0.717, 1.165) is 18.2 Å². The Bertz CT molecular complexity index is 441. The predicted molar refractivity (Wildman–Crippen MR) is 73.2 cm³/mol. The zero-order chi connectivity index (χ0) is 12.1. The van der Waals surface area contributed by atoms with Gasteiger partial charge in [-0.1, -0.05) is 28.1 Å². The Morgan fingerprint density at radius 1 is 1.24 bits per heavy atom. The molecule has 90 valence electrons. The summed E-state index contributed by atoms with van der Waals surface area (Å²) in [4.78, 5) is 5.38. The monoisotopic (exact) mass is 313 g/mol. The van der Waals surface area contributed by atoms with Gasteiger partial charge in [-0.05, 0) is 36.5 Å². The van der Waals surface area contributed by atoms with E-state index in [0.29, 0.717) is 5.92 Å². The van der Waals surface area contributed by atoms with E-state index in [9.17, 15) is 4.39 Å². The van der Waals surface area contributed by atoms with Crippen molar-refractivity contribution in [3.05, 3.63) is 52.2 Å². The van der Waals surface area contributed by atoms with E-state index in [2.05, 4.69) is 20.9 Å². The highest BCUT2D eigenvalue weighted by Crippen LogP contribution is 2.19. The van der Waals surface area contributed by atoms with Crippen molar-refractivity contribution in [3.8, 4) is 0 Å². The first-order valence-electron chi connectivity index (χ1n) is 5.45. The standard InChI is InChI=1S/C13H13BrFNS/c14-7-11(6-13-8-16-9-17-13)5-10-1-3-12(15)4-2-10/h1-4,8-9,11H,5-7H2. The highest BCUT2D eigenvalue weighted by molar-refractivity contribution is 9.09. The van der Waals surface area contributed by atoms with Gasteiger partial charge in [-0.2, -0.15) is 0 Å². The predicted octanol–water partition coefficient (Wildman–Crippen LogP) is 4.08. The average molecular weight is 314 g/mol. The Hall–Kier alpha value is -0.740. The summed E-state index contributed by atoms with van der Waals surface area (Å²) in [6.07, 6.45) is 3.90. The Labute approximate surface area is 113 Å². The molecule has 0 spiro atoms. The minimum Gasteiger partial charge on any atom is -0.253 e. The zero-order valence-electron chi connectivity index (χ0n) is 9.27. The van der Waals surface area contributed by atoms with Crippen LogP contribution in [0.4, 0.5) is 4.39 Å². The molecule has 4 heteroatoms. The molecule has 2 rings (SSSR count). The topological polar surface area (TPSA) is 12.9 Å². The highest BCUT2D eigenvalue weighted by Gasteiger charge is 2.10. The average Bonchev–Trinajstić information content (AvgIpc) is 2.84. The third-order valence-electron chi connectivity index (χ3n) is 2.63. The summed E-state index contributed by atoms with van der Waals surface area (Å²) in [7, 11) is 0. The summed E-state index contributed by atoms with van der Waals surface area (Å²) in [5.74, 6) is 0.354. The molecule has 0 bridgehead atoms. The minimum absolute atomic E-state index is 0.174. The van der Waals surface area contributed by atoms with Crippen molar-refractivity contribution in [2.75, 3.05) is 5.33 Å². The maximum atomic E-state index is 12.8. The van der Waals surface area contributed by atoms with Crippen LogP contribution in [0.3, 0.4) is 0 Å². The molecule has 0 radical (unpaired) electrons. The number of thiazole rings is 1. The van der Waals surface area contributed by atoms with Gasteiger partial charge in [0, 0.05) is 16.4 Å². The molecule has 1 aromatic heterocycles. The first-order chi connectivity index (χ1) is 8.28. The van der Waals surface area contributed by atoms with Crippen LogP contribution in [0, 0.1) is 11.7 Å². The van der Waals surface area contributed by atoms with Crippen molar-refractivity contribution in [2.45, 2.75) is 12.8 Å². The molecule has 1 heterocycles. The van der Waals surface area contributed by atoms with Crippen LogP contribution in [0.2, 0.25) is 0 Å². The first kappa shape index (κ1) is 12.7. The summed E-state index contributed by atoms with van der Waals surface area (Å²) in [6.45, 7) is 0. The second-order valence-corrected chi connectivity index (χ2v) is 5.64. The van der Waals surface area contributed by atoms with E-state index in [4.69, 9.17) is 0 Å². The molecular formula is C13H13BrFNS. The minimum atomic E-state index is -0.174. The molecule has 0 N–H and O–H groups in total. The number of rotatable bonds is 5. The third kappa shape index (κ3) is 3.89.